The average molecular weight is 469 g/mol. The summed E-state index contributed by atoms with van der Waals surface area (Å²) in [5.74, 6) is -0.835. The molecule has 3 atom stereocenters. The van der Waals surface area contributed by atoms with Gasteiger partial charge < -0.3 is 9.64 Å². The quantitative estimate of drug-likeness (QED) is 0.178. The molecule has 3 aromatic rings. The Morgan fingerprint density at radius 1 is 1.03 bits per heavy atom. The zero-order valence-corrected chi connectivity index (χ0v) is 19.1. The molecular weight excluding hydrogens is 448 g/mol. The fourth-order valence-electron chi connectivity index (χ4n) is 5.77. The second-order valence-corrected chi connectivity index (χ2v) is 9.93. The molecule has 2 saturated heterocycles. The number of amides is 1. The van der Waals surface area contributed by atoms with E-state index in [0.717, 1.165) is 27.8 Å². The highest BCUT2D eigenvalue weighted by Gasteiger charge is 2.77. The highest BCUT2D eigenvalue weighted by atomic mass is 32.2. The summed E-state index contributed by atoms with van der Waals surface area (Å²) in [6, 6.07) is 23.6. The topological polar surface area (TPSA) is 95.4 Å². The van der Waals surface area contributed by atoms with Crippen molar-refractivity contribution in [1.29, 1.82) is 0 Å². The monoisotopic (exact) mass is 468 g/mol. The number of rotatable bonds is 4. The molecule has 3 aromatic carbocycles. The van der Waals surface area contributed by atoms with Crippen LogP contribution >= 0.6 is 11.8 Å². The molecular formula is C26H20N4O3S. The Hall–Kier alpha value is -3.74. The van der Waals surface area contributed by atoms with E-state index < -0.39 is 27.7 Å². The number of ether oxygens (including phenoxy) is 1. The van der Waals surface area contributed by atoms with Crippen LogP contribution in [-0.4, -0.2) is 35.5 Å². The maximum atomic E-state index is 13.7. The van der Waals surface area contributed by atoms with Gasteiger partial charge in [-0.1, -0.05) is 84.0 Å². The number of carbonyl (C=O) groups is 2. The molecule has 7 nitrogen and oxygen atoms in total. The first-order valence-electron chi connectivity index (χ1n) is 11.1. The summed E-state index contributed by atoms with van der Waals surface area (Å²) in [6.07, 6.45) is 0. The van der Waals surface area contributed by atoms with Crippen molar-refractivity contribution >= 4 is 23.6 Å². The maximum Gasteiger partial charge on any atom is 0.331 e. The Balaban J connectivity index is 1.69. The van der Waals surface area contributed by atoms with Gasteiger partial charge in [0, 0.05) is 4.91 Å². The van der Waals surface area contributed by atoms with Crippen molar-refractivity contribution in [2.24, 2.45) is 5.11 Å². The molecule has 0 aromatic heterocycles. The molecule has 1 spiro atoms. The van der Waals surface area contributed by atoms with Crippen molar-refractivity contribution in [1.82, 2.24) is 4.90 Å². The minimum absolute atomic E-state index is 0.194. The summed E-state index contributed by atoms with van der Waals surface area (Å²) >= 11 is 1.51. The second kappa shape index (κ2) is 7.38. The van der Waals surface area contributed by atoms with Gasteiger partial charge in [0.2, 0.25) is 5.91 Å². The number of esters is 1. The van der Waals surface area contributed by atoms with Gasteiger partial charge in [0.05, 0.1) is 6.61 Å². The van der Waals surface area contributed by atoms with E-state index in [1.807, 2.05) is 78.9 Å². The largest absolute Gasteiger partial charge is 0.464 e. The highest BCUT2D eigenvalue weighted by Crippen LogP contribution is 2.73. The van der Waals surface area contributed by atoms with Crippen molar-refractivity contribution in [3.63, 3.8) is 0 Å². The SMILES string of the molecule is CCOC(=O)[C@@H]1N2C(=O)[C@H](N=[N+]=[N-])[C@@]2(c2ccccc2)SC12c1ccccc1-c1ccccc12. The Morgan fingerprint density at radius 3 is 2.21 bits per heavy atom. The van der Waals surface area contributed by atoms with Crippen LogP contribution < -0.4 is 0 Å². The Bertz CT molecular complexity index is 1340. The first kappa shape index (κ1) is 20.8. The molecule has 0 bridgehead atoms. The predicted octanol–water partition coefficient (Wildman–Crippen LogP) is 4.96. The summed E-state index contributed by atoms with van der Waals surface area (Å²) < 4.78 is 4.66. The number of thioether (sulfide) groups is 1. The van der Waals surface area contributed by atoms with Gasteiger partial charge in [-0.15, -0.1) is 11.8 Å². The Kier molecular flexibility index (Phi) is 4.52. The van der Waals surface area contributed by atoms with Gasteiger partial charge in [0.25, 0.3) is 0 Å². The van der Waals surface area contributed by atoms with E-state index in [-0.39, 0.29) is 12.5 Å². The number of β-lactam (4-membered cyclic amide) rings is 1. The number of hydrogen-bond acceptors (Lipinski definition) is 5. The van der Waals surface area contributed by atoms with E-state index in [9.17, 15) is 15.1 Å². The van der Waals surface area contributed by atoms with Crippen molar-refractivity contribution in [3.8, 4) is 11.1 Å². The lowest BCUT2D eigenvalue weighted by Crippen LogP contribution is -2.70. The van der Waals surface area contributed by atoms with Gasteiger partial charge >= 0.3 is 5.97 Å². The first-order valence-corrected chi connectivity index (χ1v) is 11.9. The molecule has 2 fully saturated rings. The summed E-state index contributed by atoms with van der Waals surface area (Å²) in [5, 5.41) is 3.92. The van der Waals surface area contributed by atoms with Crippen LogP contribution in [0.4, 0.5) is 0 Å². The lowest BCUT2D eigenvalue weighted by atomic mass is 9.81. The average Bonchev–Trinajstić information content (AvgIpc) is 3.33. The smallest absolute Gasteiger partial charge is 0.331 e. The number of benzene rings is 3. The molecule has 2 aliphatic heterocycles. The first-order chi connectivity index (χ1) is 16.6. The van der Waals surface area contributed by atoms with E-state index in [1.54, 1.807) is 11.8 Å². The minimum Gasteiger partial charge on any atom is -0.464 e. The van der Waals surface area contributed by atoms with Crippen LogP contribution in [0.1, 0.15) is 23.6 Å². The molecule has 0 radical (unpaired) electrons. The van der Waals surface area contributed by atoms with Crippen LogP contribution in [0.15, 0.2) is 84.0 Å². The molecule has 1 amide bonds. The van der Waals surface area contributed by atoms with Crippen LogP contribution in [0.25, 0.3) is 21.6 Å². The van der Waals surface area contributed by atoms with Crippen molar-refractivity contribution in [3.05, 3.63) is 106 Å². The molecule has 168 valence electrons. The number of carbonyl (C=O) groups excluding carboxylic acids is 2. The van der Waals surface area contributed by atoms with Crippen LogP contribution in [0.3, 0.4) is 0 Å². The van der Waals surface area contributed by atoms with E-state index in [0.29, 0.717) is 0 Å². The maximum absolute atomic E-state index is 13.7. The van der Waals surface area contributed by atoms with E-state index in [4.69, 9.17) is 4.74 Å². The fraction of sp³-hybridized carbons (Fsp3) is 0.231. The molecule has 6 rings (SSSR count). The summed E-state index contributed by atoms with van der Waals surface area (Å²) in [5.41, 5.74) is 14.1. The lowest BCUT2D eigenvalue weighted by Gasteiger charge is -2.52. The number of nitrogens with zero attached hydrogens (tertiary/aromatic N) is 4. The Labute approximate surface area is 200 Å². The van der Waals surface area contributed by atoms with Crippen LogP contribution in [-0.2, 0) is 23.9 Å². The summed E-state index contributed by atoms with van der Waals surface area (Å²) in [6.45, 7) is 1.95. The standard InChI is InChI=1S/C26H20N4O3S/c1-2-33-24(32)22-25(19-14-8-6-12-17(19)18-13-7-9-15-20(18)25)34-26(16-10-4-3-5-11-16)21(28-29-27)23(31)30(22)26/h3-15,21-22H,2H2,1H3/t21-,22-,26+/m0/s1. The van der Waals surface area contributed by atoms with E-state index in [2.05, 4.69) is 10.0 Å². The molecule has 2 heterocycles. The van der Waals surface area contributed by atoms with Crippen LogP contribution in [0, 0.1) is 0 Å². The summed E-state index contributed by atoms with van der Waals surface area (Å²) in [7, 11) is 0. The third-order valence-electron chi connectivity index (χ3n) is 6.97. The summed E-state index contributed by atoms with van der Waals surface area (Å²) in [4.78, 5) is 30.8. The third-order valence-corrected chi connectivity index (χ3v) is 8.92. The molecule has 3 aliphatic rings. The van der Waals surface area contributed by atoms with Crippen molar-refractivity contribution in [2.45, 2.75) is 28.6 Å². The molecule has 8 heteroatoms. The molecule has 1 aliphatic carbocycles. The number of fused-ring (bicyclic) bond motifs is 6. The van der Waals surface area contributed by atoms with Gasteiger partial charge in [0.1, 0.15) is 9.62 Å². The molecule has 0 saturated carbocycles. The fourth-order valence-corrected chi connectivity index (χ4v) is 7.96. The van der Waals surface area contributed by atoms with Crippen LogP contribution in [0.2, 0.25) is 0 Å². The zero-order valence-electron chi connectivity index (χ0n) is 18.3. The van der Waals surface area contributed by atoms with Gasteiger partial charge in [-0.2, -0.15) is 0 Å². The van der Waals surface area contributed by atoms with E-state index in [1.165, 1.54) is 11.8 Å². The normalized spacial score (nSPS) is 25.1. The third kappa shape index (κ3) is 2.36. The lowest BCUT2D eigenvalue weighted by molar-refractivity contribution is -0.169. The molecule has 0 unspecified atom stereocenters. The van der Waals surface area contributed by atoms with Crippen molar-refractivity contribution in [2.75, 3.05) is 6.61 Å². The second-order valence-electron chi connectivity index (χ2n) is 8.46. The number of azide groups is 1. The zero-order chi connectivity index (χ0) is 23.5. The van der Waals surface area contributed by atoms with Crippen molar-refractivity contribution < 1.29 is 14.3 Å². The van der Waals surface area contributed by atoms with Gasteiger partial charge in [-0.05, 0) is 40.3 Å². The predicted molar refractivity (Wildman–Crippen MR) is 129 cm³/mol. The van der Waals surface area contributed by atoms with Gasteiger partial charge in [-0.3, -0.25) is 4.79 Å². The number of hydrogen-bond donors (Lipinski definition) is 0. The van der Waals surface area contributed by atoms with Gasteiger partial charge in [-0.25, -0.2) is 4.79 Å². The van der Waals surface area contributed by atoms with E-state index >= 15 is 0 Å². The minimum atomic E-state index is -1.04. The molecule has 0 N–H and O–H groups in total. The van der Waals surface area contributed by atoms with Crippen LogP contribution in [0.5, 0.6) is 0 Å². The highest BCUT2D eigenvalue weighted by molar-refractivity contribution is 8.02. The molecule has 34 heavy (non-hydrogen) atoms. The Morgan fingerprint density at radius 2 is 1.62 bits per heavy atom. The van der Waals surface area contributed by atoms with Gasteiger partial charge in [0.15, 0.2) is 12.1 Å².